The minimum atomic E-state index is -0.395. The van der Waals surface area contributed by atoms with Crippen LogP contribution in [0.3, 0.4) is 0 Å². The second-order valence-electron chi connectivity index (χ2n) is 6.81. The van der Waals surface area contributed by atoms with Crippen LogP contribution in [0, 0.1) is 11.8 Å². The Balaban J connectivity index is 1.72. The average Bonchev–Trinajstić information content (AvgIpc) is 3.14. The lowest BCUT2D eigenvalue weighted by atomic mass is 10.0. The molecular formula is C23H24BrN3O2. The SMILES string of the molecule is NCCCC#Cc1ccc(Br)c(C(=O)N[C@@H](CO)Cc2c[nH]c3ccccc23)c1. The average molecular weight is 454 g/mol. The summed E-state index contributed by atoms with van der Waals surface area (Å²) in [7, 11) is 0. The molecule has 3 rings (SSSR count). The Labute approximate surface area is 178 Å². The molecule has 0 unspecified atom stereocenters. The van der Waals surface area contributed by atoms with Gasteiger partial charge in [-0.1, -0.05) is 30.0 Å². The number of rotatable bonds is 7. The normalized spacial score (nSPS) is 11.7. The number of carbonyl (C=O) groups excluding carboxylic acids is 1. The molecule has 1 amide bonds. The van der Waals surface area contributed by atoms with Gasteiger partial charge in [-0.25, -0.2) is 0 Å². The number of aromatic nitrogens is 1. The number of benzene rings is 2. The van der Waals surface area contributed by atoms with E-state index in [-0.39, 0.29) is 12.5 Å². The number of aromatic amines is 1. The number of H-pyrrole nitrogens is 1. The van der Waals surface area contributed by atoms with Crippen LogP contribution in [0.4, 0.5) is 0 Å². The summed E-state index contributed by atoms with van der Waals surface area (Å²) in [5.41, 5.74) is 8.84. The minimum Gasteiger partial charge on any atom is -0.394 e. The van der Waals surface area contributed by atoms with E-state index in [2.05, 4.69) is 38.1 Å². The van der Waals surface area contributed by atoms with Gasteiger partial charge in [0.25, 0.3) is 5.91 Å². The minimum absolute atomic E-state index is 0.151. The fourth-order valence-electron chi connectivity index (χ4n) is 3.12. The highest BCUT2D eigenvalue weighted by molar-refractivity contribution is 9.10. The van der Waals surface area contributed by atoms with Crippen molar-refractivity contribution in [3.63, 3.8) is 0 Å². The smallest absolute Gasteiger partial charge is 0.252 e. The number of aliphatic hydroxyl groups excluding tert-OH is 1. The molecule has 0 bridgehead atoms. The summed E-state index contributed by atoms with van der Waals surface area (Å²) >= 11 is 3.44. The predicted octanol–water partition coefficient (Wildman–Crippen LogP) is 3.35. The maximum Gasteiger partial charge on any atom is 0.252 e. The molecule has 5 nitrogen and oxygen atoms in total. The summed E-state index contributed by atoms with van der Waals surface area (Å²) in [5.74, 6) is 5.88. The quantitative estimate of drug-likeness (QED) is 0.326. The molecule has 0 spiro atoms. The van der Waals surface area contributed by atoms with Crippen molar-refractivity contribution in [1.82, 2.24) is 10.3 Å². The number of nitrogens with one attached hydrogen (secondary N) is 2. The van der Waals surface area contributed by atoms with E-state index in [0.717, 1.165) is 34.9 Å². The van der Waals surface area contributed by atoms with Gasteiger partial charge in [0.15, 0.2) is 0 Å². The third-order valence-electron chi connectivity index (χ3n) is 4.65. The Kier molecular flexibility index (Phi) is 7.48. The maximum atomic E-state index is 12.8. The molecule has 3 aromatic rings. The summed E-state index contributed by atoms with van der Waals surface area (Å²) in [4.78, 5) is 16.1. The van der Waals surface area contributed by atoms with Gasteiger partial charge in [-0.2, -0.15) is 0 Å². The van der Waals surface area contributed by atoms with Gasteiger partial charge in [-0.05, 0) is 65.1 Å². The third kappa shape index (κ3) is 5.48. The number of para-hydroxylation sites is 1. The van der Waals surface area contributed by atoms with Gasteiger partial charge in [0.1, 0.15) is 0 Å². The van der Waals surface area contributed by atoms with Crippen molar-refractivity contribution in [2.45, 2.75) is 25.3 Å². The van der Waals surface area contributed by atoms with Gasteiger partial charge in [-0.15, -0.1) is 0 Å². The largest absolute Gasteiger partial charge is 0.394 e. The summed E-state index contributed by atoms with van der Waals surface area (Å²) in [6.45, 7) is 0.461. The summed E-state index contributed by atoms with van der Waals surface area (Å²) in [5, 5.41) is 13.8. The van der Waals surface area contributed by atoms with E-state index < -0.39 is 6.04 Å². The molecule has 29 heavy (non-hydrogen) atoms. The van der Waals surface area contributed by atoms with Crippen LogP contribution in [0.2, 0.25) is 0 Å². The molecule has 0 fully saturated rings. The monoisotopic (exact) mass is 453 g/mol. The first-order valence-electron chi connectivity index (χ1n) is 9.57. The number of unbranched alkanes of at least 4 members (excludes halogenated alkanes) is 1. The predicted molar refractivity (Wildman–Crippen MR) is 120 cm³/mol. The zero-order valence-electron chi connectivity index (χ0n) is 16.0. The lowest BCUT2D eigenvalue weighted by Gasteiger charge is -2.17. The third-order valence-corrected chi connectivity index (χ3v) is 5.34. The highest BCUT2D eigenvalue weighted by atomic mass is 79.9. The van der Waals surface area contributed by atoms with Crippen molar-refractivity contribution in [2.75, 3.05) is 13.2 Å². The number of halogens is 1. The summed E-state index contributed by atoms with van der Waals surface area (Å²) in [6, 6.07) is 13.0. The van der Waals surface area contributed by atoms with Crippen molar-refractivity contribution < 1.29 is 9.90 Å². The molecular weight excluding hydrogens is 430 g/mol. The van der Waals surface area contributed by atoms with Gasteiger partial charge in [0.05, 0.1) is 18.2 Å². The first kappa shape index (κ1) is 21.1. The van der Waals surface area contributed by atoms with Gasteiger partial charge >= 0.3 is 0 Å². The van der Waals surface area contributed by atoms with Crippen LogP contribution in [-0.4, -0.2) is 35.2 Å². The highest BCUT2D eigenvalue weighted by Gasteiger charge is 2.17. The second kappa shape index (κ2) is 10.3. The number of hydrogen-bond donors (Lipinski definition) is 4. The van der Waals surface area contributed by atoms with Crippen LogP contribution in [0.15, 0.2) is 53.1 Å². The van der Waals surface area contributed by atoms with Gasteiger partial charge in [-0.3, -0.25) is 4.79 Å². The first-order chi connectivity index (χ1) is 14.1. The Morgan fingerprint density at radius 3 is 2.90 bits per heavy atom. The molecule has 5 N–H and O–H groups in total. The molecule has 2 aromatic carbocycles. The van der Waals surface area contributed by atoms with E-state index >= 15 is 0 Å². The maximum absolute atomic E-state index is 12.8. The number of nitrogens with two attached hydrogens (primary N) is 1. The van der Waals surface area contributed by atoms with Gasteiger partial charge in [0, 0.05) is 33.6 Å². The second-order valence-corrected chi connectivity index (χ2v) is 7.66. The molecule has 1 aromatic heterocycles. The van der Waals surface area contributed by atoms with E-state index in [0.29, 0.717) is 23.0 Å². The van der Waals surface area contributed by atoms with Crippen molar-refractivity contribution in [3.05, 3.63) is 69.8 Å². The first-order valence-corrected chi connectivity index (χ1v) is 10.4. The Morgan fingerprint density at radius 1 is 1.28 bits per heavy atom. The number of amides is 1. The molecule has 0 saturated heterocycles. The zero-order valence-corrected chi connectivity index (χ0v) is 17.6. The molecule has 1 heterocycles. The van der Waals surface area contributed by atoms with E-state index in [1.807, 2.05) is 42.6 Å². The lowest BCUT2D eigenvalue weighted by Crippen LogP contribution is -2.39. The number of aliphatic hydroxyl groups is 1. The zero-order chi connectivity index (χ0) is 20.6. The van der Waals surface area contributed by atoms with Crippen molar-refractivity contribution in [2.24, 2.45) is 5.73 Å². The van der Waals surface area contributed by atoms with Crippen molar-refractivity contribution >= 4 is 32.7 Å². The fraction of sp³-hybridized carbons (Fsp3) is 0.261. The molecule has 1 atom stereocenters. The number of fused-ring (bicyclic) bond motifs is 1. The molecule has 0 aliphatic rings. The number of carbonyl (C=O) groups is 1. The van der Waals surface area contributed by atoms with Gasteiger partial charge in [0.2, 0.25) is 0 Å². The van der Waals surface area contributed by atoms with Crippen LogP contribution in [0.25, 0.3) is 10.9 Å². The van der Waals surface area contributed by atoms with Crippen molar-refractivity contribution in [1.29, 1.82) is 0 Å². The Morgan fingerprint density at radius 2 is 2.10 bits per heavy atom. The van der Waals surface area contributed by atoms with Crippen LogP contribution in [0.5, 0.6) is 0 Å². The molecule has 0 saturated carbocycles. The lowest BCUT2D eigenvalue weighted by molar-refractivity contribution is 0.0915. The van der Waals surface area contributed by atoms with E-state index in [9.17, 15) is 9.90 Å². The molecule has 0 radical (unpaired) electrons. The van der Waals surface area contributed by atoms with E-state index in [1.165, 1.54) is 0 Å². The topological polar surface area (TPSA) is 91.1 Å². The van der Waals surface area contributed by atoms with Crippen LogP contribution in [0.1, 0.15) is 34.3 Å². The highest BCUT2D eigenvalue weighted by Crippen LogP contribution is 2.21. The standard InChI is InChI=1S/C23H24BrN3O2/c24-21-10-9-16(6-2-1-5-11-25)12-20(21)23(29)27-18(15-28)13-17-14-26-22-8-4-3-7-19(17)22/h3-4,7-10,12,14,18,26,28H,1,5,11,13,15,25H2,(H,27,29)/t18-/m1/s1. The van der Waals surface area contributed by atoms with E-state index in [4.69, 9.17) is 5.73 Å². The van der Waals surface area contributed by atoms with Crippen molar-refractivity contribution in [3.8, 4) is 11.8 Å². The molecule has 0 aliphatic carbocycles. The van der Waals surface area contributed by atoms with Crippen LogP contribution < -0.4 is 11.1 Å². The Hall–Kier alpha value is -2.59. The summed E-state index contributed by atoms with van der Waals surface area (Å²) < 4.78 is 0.686. The molecule has 6 heteroatoms. The van der Waals surface area contributed by atoms with Crippen LogP contribution in [-0.2, 0) is 6.42 Å². The van der Waals surface area contributed by atoms with Crippen LogP contribution >= 0.6 is 15.9 Å². The van der Waals surface area contributed by atoms with E-state index in [1.54, 1.807) is 6.07 Å². The molecule has 0 aliphatic heterocycles. The number of hydrogen-bond acceptors (Lipinski definition) is 3. The Bertz CT molecular complexity index is 1050. The molecule has 150 valence electrons. The fourth-order valence-corrected chi connectivity index (χ4v) is 3.55. The van der Waals surface area contributed by atoms with Gasteiger partial charge < -0.3 is 21.1 Å². The summed E-state index contributed by atoms with van der Waals surface area (Å²) in [6.07, 6.45) is 4.03.